The van der Waals surface area contributed by atoms with Gasteiger partial charge < -0.3 is 4.90 Å². The van der Waals surface area contributed by atoms with Crippen LogP contribution in [0.15, 0.2) is 0 Å². The molecule has 4 saturated carbocycles. The first-order valence-electron chi connectivity index (χ1n) is 7.45. The van der Waals surface area contributed by atoms with E-state index < -0.39 is 0 Å². The first kappa shape index (κ1) is 12.1. The van der Waals surface area contributed by atoms with Gasteiger partial charge in [-0.2, -0.15) is 0 Å². The van der Waals surface area contributed by atoms with Gasteiger partial charge in [0.2, 0.25) is 5.91 Å². The van der Waals surface area contributed by atoms with Crippen LogP contribution in [0.2, 0.25) is 0 Å². The molecule has 0 radical (unpaired) electrons. The van der Waals surface area contributed by atoms with E-state index in [4.69, 9.17) is 6.42 Å². The van der Waals surface area contributed by atoms with Crippen molar-refractivity contribution >= 4 is 5.91 Å². The molecule has 0 aromatic carbocycles. The normalized spacial score (nSPS) is 40.6. The number of amides is 1. The van der Waals surface area contributed by atoms with Gasteiger partial charge in [-0.15, -0.1) is 6.42 Å². The molecule has 4 rings (SSSR count). The molecule has 0 saturated heterocycles. The molecule has 4 bridgehead atoms. The summed E-state index contributed by atoms with van der Waals surface area (Å²) < 4.78 is 0. The van der Waals surface area contributed by atoms with Gasteiger partial charge in [0.1, 0.15) is 0 Å². The zero-order valence-electron chi connectivity index (χ0n) is 11.3. The lowest BCUT2D eigenvalue weighted by Gasteiger charge is -2.54. The lowest BCUT2D eigenvalue weighted by molar-refractivity contribution is -0.148. The fraction of sp³-hybridized carbons (Fsp3) is 0.812. The Bertz CT molecular complexity index is 353. The average molecular weight is 245 g/mol. The predicted octanol–water partition coefficient (Wildman–Crippen LogP) is 2.54. The highest BCUT2D eigenvalue weighted by molar-refractivity contribution is 5.80. The van der Waals surface area contributed by atoms with Crippen molar-refractivity contribution < 1.29 is 4.79 Å². The lowest BCUT2D eigenvalue weighted by Crippen LogP contribution is -2.52. The third kappa shape index (κ3) is 1.85. The van der Waals surface area contributed by atoms with Crippen molar-refractivity contribution in [2.45, 2.75) is 39.0 Å². The molecule has 18 heavy (non-hydrogen) atoms. The van der Waals surface area contributed by atoms with Gasteiger partial charge in [-0.1, -0.05) is 5.92 Å². The van der Waals surface area contributed by atoms with Crippen LogP contribution >= 0.6 is 0 Å². The van der Waals surface area contributed by atoms with Gasteiger partial charge in [0, 0.05) is 12.5 Å². The minimum atomic E-state index is 0.297. The number of terminal acetylenes is 1. The minimum absolute atomic E-state index is 0.297. The maximum absolute atomic E-state index is 12.7. The van der Waals surface area contributed by atoms with Crippen molar-refractivity contribution in [2.75, 3.05) is 13.1 Å². The third-order valence-corrected chi connectivity index (χ3v) is 5.49. The smallest absolute Gasteiger partial charge is 0.227 e. The number of hydrogen-bond donors (Lipinski definition) is 0. The predicted molar refractivity (Wildman–Crippen MR) is 71.6 cm³/mol. The molecule has 0 heterocycles. The summed E-state index contributed by atoms with van der Waals surface area (Å²) in [5.41, 5.74) is 0. The maximum atomic E-state index is 12.7. The van der Waals surface area contributed by atoms with E-state index in [9.17, 15) is 4.79 Å². The highest BCUT2D eigenvalue weighted by Gasteiger charge is 2.51. The molecule has 0 unspecified atom stereocenters. The van der Waals surface area contributed by atoms with Crippen LogP contribution in [0.1, 0.15) is 39.0 Å². The fourth-order valence-electron chi connectivity index (χ4n) is 4.99. The second kappa shape index (κ2) is 4.61. The lowest BCUT2D eigenvalue weighted by atomic mass is 9.51. The topological polar surface area (TPSA) is 20.3 Å². The number of carbonyl (C=O) groups is 1. The zero-order chi connectivity index (χ0) is 12.7. The van der Waals surface area contributed by atoms with Gasteiger partial charge >= 0.3 is 0 Å². The molecule has 0 atom stereocenters. The molecular formula is C16H23NO. The summed E-state index contributed by atoms with van der Waals surface area (Å²) in [5, 5.41) is 0. The van der Waals surface area contributed by atoms with E-state index in [1.54, 1.807) is 0 Å². The van der Waals surface area contributed by atoms with Crippen LogP contribution in [-0.2, 0) is 4.79 Å². The molecule has 0 spiro atoms. The van der Waals surface area contributed by atoms with Crippen LogP contribution < -0.4 is 0 Å². The molecule has 4 fully saturated rings. The Hall–Kier alpha value is -0.970. The zero-order valence-corrected chi connectivity index (χ0v) is 11.3. The molecule has 0 aromatic rings. The number of hydrogen-bond acceptors (Lipinski definition) is 1. The molecule has 4 aliphatic rings. The second-order valence-electron chi connectivity index (χ2n) is 6.51. The van der Waals surface area contributed by atoms with Crippen molar-refractivity contribution in [2.24, 2.45) is 29.6 Å². The van der Waals surface area contributed by atoms with Crippen LogP contribution in [-0.4, -0.2) is 23.9 Å². The number of nitrogens with zero attached hydrogens (tertiary/aromatic N) is 1. The summed E-state index contributed by atoms with van der Waals surface area (Å²) in [7, 11) is 0. The van der Waals surface area contributed by atoms with Crippen molar-refractivity contribution in [1.29, 1.82) is 0 Å². The second-order valence-corrected chi connectivity index (χ2v) is 6.51. The molecule has 0 aromatic heterocycles. The highest BCUT2D eigenvalue weighted by Crippen LogP contribution is 2.56. The van der Waals surface area contributed by atoms with E-state index in [1.165, 1.54) is 32.1 Å². The molecule has 2 nitrogen and oxygen atoms in total. The SMILES string of the molecule is C#CCN(CC)C(=O)C1C2CC3CC(C2)CC1C3. The minimum Gasteiger partial charge on any atom is -0.332 e. The Morgan fingerprint density at radius 2 is 1.72 bits per heavy atom. The molecule has 98 valence electrons. The van der Waals surface area contributed by atoms with E-state index in [1.807, 2.05) is 11.8 Å². The van der Waals surface area contributed by atoms with Crippen LogP contribution in [0.3, 0.4) is 0 Å². The Morgan fingerprint density at radius 3 is 2.17 bits per heavy atom. The largest absolute Gasteiger partial charge is 0.332 e. The van der Waals surface area contributed by atoms with Crippen LogP contribution in [0.5, 0.6) is 0 Å². The van der Waals surface area contributed by atoms with Gasteiger partial charge in [0.15, 0.2) is 0 Å². The third-order valence-electron chi connectivity index (χ3n) is 5.49. The summed E-state index contributed by atoms with van der Waals surface area (Å²) in [6, 6.07) is 0. The average Bonchev–Trinajstić information content (AvgIpc) is 2.34. The van der Waals surface area contributed by atoms with Gasteiger partial charge in [-0.3, -0.25) is 4.79 Å². The van der Waals surface area contributed by atoms with Gasteiger partial charge in [-0.05, 0) is 62.7 Å². The monoisotopic (exact) mass is 245 g/mol. The standard InChI is InChI=1S/C16H23NO/c1-3-5-17(4-2)16(18)15-13-7-11-6-12(9-13)10-14(15)8-11/h1,11-15H,4-10H2,2H3. The molecule has 0 aliphatic heterocycles. The Kier molecular flexibility index (Phi) is 3.09. The van der Waals surface area contributed by atoms with Crippen molar-refractivity contribution in [3.63, 3.8) is 0 Å². The number of rotatable bonds is 3. The van der Waals surface area contributed by atoms with Crippen LogP contribution in [0.4, 0.5) is 0 Å². The summed E-state index contributed by atoms with van der Waals surface area (Å²) in [6.45, 7) is 3.27. The van der Waals surface area contributed by atoms with Crippen molar-refractivity contribution in [3.05, 3.63) is 0 Å². The van der Waals surface area contributed by atoms with E-state index >= 15 is 0 Å². The van der Waals surface area contributed by atoms with Crippen LogP contribution in [0.25, 0.3) is 0 Å². The fourth-order valence-corrected chi connectivity index (χ4v) is 4.99. The Labute approximate surface area is 110 Å². The Morgan fingerprint density at radius 1 is 1.17 bits per heavy atom. The first-order chi connectivity index (χ1) is 8.72. The molecule has 4 aliphatic carbocycles. The molecular weight excluding hydrogens is 222 g/mol. The van der Waals surface area contributed by atoms with Gasteiger partial charge in [0.25, 0.3) is 0 Å². The highest BCUT2D eigenvalue weighted by atomic mass is 16.2. The summed E-state index contributed by atoms with van der Waals surface area (Å²) in [6.07, 6.45) is 12.0. The quantitative estimate of drug-likeness (QED) is 0.700. The summed E-state index contributed by atoms with van der Waals surface area (Å²) in [5.74, 6) is 6.47. The molecule has 1 amide bonds. The van der Waals surface area contributed by atoms with Crippen molar-refractivity contribution in [1.82, 2.24) is 4.90 Å². The number of carbonyl (C=O) groups excluding carboxylic acids is 1. The summed E-state index contributed by atoms with van der Waals surface area (Å²) in [4.78, 5) is 14.6. The van der Waals surface area contributed by atoms with Gasteiger partial charge in [-0.25, -0.2) is 0 Å². The van der Waals surface area contributed by atoms with Gasteiger partial charge in [0.05, 0.1) is 6.54 Å². The maximum Gasteiger partial charge on any atom is 0.227 e. The van der Waals surface area contributed by atoms with Crippen molar-refractivity contribution in [3.8, 4) is 12.3 Å². The first-order valence-corrected chi connectivity index (χ1v) is 7.45. The van der Waals surface area contributed by atoms with E-state index in [0.717, 1.165) is 18.4 Å². The summed E-state index contributed by atoms with van der Waals surface area (Å²) >= 11 is 0. The Balaban J connectivity index is 1.76. The van der Waals surface area contributed by atoms with E-state index in [2.05, 4.69) is 5.92 Å². The molecule has 2 heteroatoms. The van der Waals surface area contributed by atoms with E-state index in [-0.39, 0.29) is 0 Å². The van der Waals surface area contributed by atoms with E-state index in [0.29, 0.717) is 30.2 Å². The molecule has 0 N–H and O–H groups in total. The van der Waals surface area contributed by atoms with Crippen LogP contribution in [0, 0.1) is 41.9 Å².